The van der Waals surface area contributed by atoms with Gasteiger partial charge in [0.1, 0.15) is 0 Å². The summed E-state index contributed by atoms with van der Waals surface area (Å²) >= 11 is 35.8. The highest BCUT2D eigenvalue weighted by Crippen LogP contribution is 2.41. The molecule has 0 bridgehead atoms. The first-order valence-corrected chi connectivity index (χ1v) is 7.68. The number of hydrogen-bond acceptors (Lipinski definition) is 1. The van der Waals surface area contributed by atoms with E-state index in [1.165, 1.54) is 18.2 Å². The molecule has 0 aliphatic rings. The Morgan fingerprint density at radius 2 is 1.29 bits per heavy atom. The van der Waals surface area contributed by atoms with Crippen LogP contribution in [0.15, 0.2) is 24.3 Å². The first-order valence-electron chi connectivity index (χ1n) is 5.41. The van der Waals surface area contributed by atoms with E-state index in [4.69, 9.17) is 69.6 Å². The summed E-state index contributed by atoms with van der Waals surface area (Å²) in [5, 5.41) is 3.37. The van der Waals surface area contributed by atoms with Crippen molar-refractivity contribution in [3.05, 3.63) is 60.0 Å². The average Bonchev–Trinajstić information content (AvgIpc) is 2.41. The molecule has 8 heteroatoms. The lowest BCUT2D eigenvalue weighted by molar-refractivity contribution is 0.102. The van der Waals surface area contributed by atoms with Gasteiger partial charge >= 0.3 is 0 Å². The predicted molar refractivity (Wildman–Crippen MR) is 90.9 cm³/mol. The van der Waals surface area contributed by atoms with Gasteiger partial charge in [0.25, 0.3) is 5.91 Å². The van der Waals surface area contributed by atoms with E-state index in [0.717, 1.165) is 0 Å². The van der Waals surface area contributed by atoms with E-state index < -0.39 is 5.91 Å². The van der Waals surface area contributed by atoms with Crippen LogP contribution < -0.4 is 5.32 Å². The molecule has 0 spiro atoms. The summed E-state index contributed by atoms with van der Waals surface area (Å²) < 4.78 is 0. The molecule has 2 aromatic carbocycles. The van der Waals surface area contributed by atoms with Crippen LogP contribution in [0.3, 0.4) is 0 Å². The van der Waals surface area contributed by atoms with Crippen molar-refractivity contribution in [3.8, 4) is 0 Å². The van der Waals surface area contributed by atoms with Crippen molar-refractivity contribution in [2.24, 2.45) is 0 Å². The smallest absolute Gasteiger partial charge is 0.258 e. The summed E-state index contributed by atoms with van der Waals surface area (Å²) in [4.78, 5) is 12.3. The third kappa shape index (κ3) is 3.53. The summed E-state index contributed by atoms with van der Waals surface area (Å²) in [7, 11) is 0. The van der Waals surface area contributed by atoms with E-state index in [0.29, 0.717) is 0 Å². The van der Waals surface area contributed by atoms with Gasteiger partial charge in [0.15, 0.2) is 0 Å². The van der Waals surface area contributed by atoms with Crippen LogP contribution in [0.5, 0.6) is 0 Å². The summed E-state index contributed by atoms with van der Waals surface area (Å²) in [5.41, 5.74) is 0.195. The molecule has 0 saturated heterocycles. The van der Waals surface area contributed by atoms with Crippen LogP contribution in [0.4, 0.5) is 5.69 Å². The van der Waals surface area contributed by atoms with Gasteiger partial charge in [-0.2, -0.15) is 0 Å². The number of amides is 1. The molecule has 2 nitrogen and oxygen atoms in total. The molecule has 0 atom stereocenters. The van der Waals surface area contributed by atoms with E-state index in [1.807, 2.05) is 0 Å². The quantitative estimate of drug-likeness (QED) is 0.545. The number of carbonyl (C=O) groups excluding carboxylic acids is 1. The van der Waals surface area contributed by atoms with Gasteiger partial charge in [-0.25, -0.2) is 0 Å². The average molecular weight is 404 g/mol. The topological polar surface area (TPSA) is 29.1 Å². The first-order chi connectivity index (χ1) is 9.82. The van der Waals surface area contributed by atoms with Gasteiger partial charge in [0.05, 0.1) is 41.4 Å². The molecule has 0 unspecified atom stereocenters. The van der Waals surface area contributed by atoms with Crippen LogP contribution in [0, 0.1) is 0 Å². The molecule has 0 aromatic heterocycles. The van der Waals surface area contributed by atoms with Crippen LogP contribution in [-0.2, 0) is 0 Å². The zero-order chi connectivity index (χ0) is 15.7. The molecule has 1 amide bonds. The Hall–Kier alpha value is -0.350. The number of rotatable bonds is 2. The lowest BCUT2D eigenvalue weighted by Gasteiger charge is -2.13. The summed E-state index contributed by atoms with van der Waals surface area (Å²) in [6, 6.07) is 6.08. The molecule has 0 aliphatic heterocycles. The highest BCUT2D eigenvalue weighted by Gasteiger charge is 2.20. The number of anilines is 1. The molecule has 0 radical (unpaired) electrons. The minimum atomic E-state index is -0.576. The molecule has 0 fully saturated rings. The maximum absolute atomic E-state index is 12.3. The third-order valence-electron chi connectivity index (χ3n) is 2.54. The van der Waals surface area contributed by atoms with Gasteiger partial charge in [0.2, 0.25) is 0 Å². The summed E-state index contributed by atoms with van der Waals surface area (Å²) in [6.45, 7) is 0. The van der Waals surface area contributed by atoms with E-state index >= 15 is 0 Å². The number of halogens is 6. The zero-order valence-corrected chi connectivity index (χ0v) is 14.5. The fraction of sp³-hybridized carbons (Fsp3) is 0. The van der Waals surface area contributed by atoms with Crippen LogP contribution in [0.25, 0.3) is 0 Å². The lowest BCUT2D eigenvalue weighted by Crippen LogP contribution is -2.14. The molecule has 21 heavy (non-hydrogen) atoms. The minimum Gasteiger partial charge on any atom is -0.319 e. The predicted octanol–water partition coefficient (Wildman–Crippen LogP) is 6.86. The van der Waals surface area contributed by atoms with Crippen LogP contribution in [0.2, 0.25) is 30.1 Å². The summed E-state index contributed by atoms with van der Waals surface area (Å²) in [5.74, 6) is -0.576. The molecule has 0 saturated carbocycles. The normalized spacial score (nSPS) is 10.6. The van der Waals surface area contributed by atoms with E-state index in [1.54, 1.807) is 6.07 Å². The highest BCUT2D eigenvalue weighted by atomic mass is 35.5. The van der Waals surface area contributed by atoms with Crippen LogP contribution in [0.1, 0.15) is 10.4 Å². The van der Waals surface area contributed by atoms with Crippen molar-refractivity contribution >= 4 is 81.2 Å². The second-order valence-corrected chi connectivity index (χ2v) is 6.28. The van der Waals surface area contributed by atoms with Gasteiger partial charge in [0, 0.05) is 0 Å². The Morgan fingerprint density at radius 3 is 1.76 bits per heavy atom. The Morgan fingerprint density at radius 1 is 0.810 bits per heavy atom. The van der Waals surface area contributed by atoms with Gasteiger partial charge < -0.3 is 5.32 Å². The second kappa shape index (κ2) is 6.82. The van der Waals surface area contributed by atoms with Crippen molar-refractivity contribution < 1.29 is 4.79 Å². The molecule has 110 valence electrons. The Balaban J connectivity index is 2.46. The highest BCUT2D eigenvalue weighted by molar-refractivity contribution is 6.50. The van der Waals surface area contributed by atoms with Crippen LogP contribution in [-0.4, -0.2) is 5.91 Å². The molecule has 0 aliphatic carbocycles. The molecule has 1 N–H and O–H groups in total. The van der Waals surface area contributed by atoms with Crippen molar-refractivity contribution in [1.29, 1.82) is 0 Å². The fourth-order valence-electron chi connectivity index (χ4n) is 1.57. The van der Waals surface area contributed by atoms with Gasteiger partial charge in [-0.15, -0.1) is 0 Å². The van der Waals surface area contributed by atoms with Gasteiger partial charge in [-0.3, -0.25) is 4.79 Å². The SMILES string of the molecule is O=C(Nc1c(Cl)c(Cl)cc(Cl)c1Cl)c1c(Cl)cccc1Cl. The van der Waals surface area contributed by atoms with E-state index in [9.17, 15) is 4.79 Å². The first kappa shape index (κ1) is 17.0. The van der Waals surface area contributed by atoms with Crippen molar-refractivity contribution in [3.63, 3.8) is 0 Å². The number of nitrogens with one attached hydrogen (secondary N) is 1. The van der Waals surface area contributed by atoms with E-state index in [-0.39, 0.29) is 41.4 Å². The molecule has 2 aromatic rings. The standard InChI is InChI=1S/C13H5Cl6NO/c14-5-2-1-3-6(15)9(5)13(21)20-12-10(18)7(16)4-8(17)11(12)19/h1-4H,(H,20,21). The molecular weight excluding hydrogens is 399 g/mol. The minimum absolute atomic E-state index is 0.0718. The number of hydrogen-bond donors (Lipinski definition) is 1. The van der Waals surface area contributed by atoms with Gasteiger partial charge in [-0.1, -0.05) is 75.7 Å². The summed E-state index contributed by atoms with van der Waals surface area (Å²) in [6.07, 6.45) is 0. The zero-order valence-electron chi connectivity index (χ0n) is 9.99. The monoisotopic (exact) mass is 401 g/mol. The molecular formula is C13H5Cl6NO. The maximum atomic E-state index is 12.3. The Bertz CT molecular complexity index is 685. The lowest BCUT2D eigenvalue weighted by atomic mass is 10.2. The van der Waals surface area contributed by atoms with Crippen LogP contribution >= 0.6 is 69.6 Å². The van der Waals surface area contributed by atoms with Crippen molar-refractivity contribution in [1.82, 2.24) is 0 Å². The number of carbonyl (C=O) groups is 1. The fourth-order valence-corrected chi connectivity index (χ4v) is 3.05. The Labute approximate surface area is 150 Å². The molecule has 2 rings (SSSR count). The Kier molecular flexibility index (Phi) is 5.53. The largest absolute Gasteiger partial charge is 0.319 e. The second-order valence-electron chi connectivity index (χ2n) is 3.89. The van der Waals surface area contributed by atoms with Crippen molar-refractivity contribution in [2.75, 3.05) is 5.32 Å². The maximum Gasteiger partial charge on any atom is 0.258 e. The number of benzene rings is 2. The van der Waals surface area contributed by atoms with E-state index in [2.05, 4.69) is 5.32 Å². The van der Waals surface area contributed by atoms with Crippen molar-refractivity contribution in [2.45, 2.75) is 0 Å². The third-order valence-corrected chi connectivity index (χ3v) is 4.74. The van der Waals surface area contributed by atoms with Gasteiger partial charge in [-0.05, 0) is 18.2 Å². The molecule has 0 heterocycles.